The third-order valence-corrected chi connectivity index (χ3v) is 8.14. The van der Waals surface area contributed by atoms with Gasteiger partial charge in [-0.1, -0.05) is 19.1 Å². The Morgan fingerprint density at radius 1 is 1.22 bits per heavy atom. The molecule has 1 amide bonds. The fourth-order valence-corrected chi connectivity index (χ4v) is 6.68. The van der Waals surface area contributed by atoms with Crippen LogP contribution in [-0.2, 0) is 11.2 Å². The van der Waals surface area contributed by atoms with Crippen molar-refractivity contribution in [3.63, 3.8) is 0 Å². The quantitative estimate of drug-likeness (QED) is 0.760. The van der Waals surface area contributed by atoms with Gasteiger partial charge in [0.1, 0.15) is 5.75 Å². The Bertz CT molecular complexity index is 792. The van der Waals surface area contributed by atoms with Crippen LogP contribution in [0.5, 0.6) is 5.75 Å². The maximum absolute atomic E-state index is 13.2. The minimum atomic E-state index is 0.0881. The number of amides is 1. The number of likely N-dealkylation sites (tertiary alicyclic amines) is 1. The Kier molecular flexibility index (Phi) is 4.10. The van der Waals surface area contributed by atoms with Crippen molar-refractivity contribution in [1.82, 2.24) is 4.90 Å². The molecule has 1 saturated heterocycles. The van der Waals surface area contributed by atoms with Crippen molar-refractivity contribution in [2.24, 2.45) is 17.3 Å². The summed E-state index contributed by atoms with van der Waals surface area (Å²) in [4.78, 5) is 15.3. The molecule has 2 fully saturated rings. The van der Waals surface area contributed by atoms with Gasteiger partial charge >= 0.3 is 0 Å². The van der Waals surface area contributed by atoms with Gasteiger partial charge in [-0.05, 0) is 86.0 Å². The molecule has 1 aromatic rings. The van der Waals surface area contributed by atoms with Crippen molar-refractivity contribution in [3.8, 4) is 5.75 Å². The minimum absolute atomic E-state index is 0.0881. The van der Waals surface area contributed by atoms with Crippen LogP contribution in [0, 0.1) is 17.3 Å². The maximum atomic E-state index is 13.2. The Morgan fingerprint density at radius 2 is 2.04 bits per heavy atom. The first kappa shape index (κ1) is 17.3. The minimum Gasteiger partial charge on any atom is -0.497 e. The number of benzene rings is 1. The highest BCUT2D eigenvalue weighted by Crippen LogP contribution is 2.61. The number of fused-ring (bicyclic) bond motifs is 5. The van der Waals surface area contributed by atoms with E-state index in [0.717, 1.165) is 43.7 Å². The first-order chi connectivity index (χ1) is 13.1. The highest BCUT2D eigenvalue weighted by molar-refractivity contribution is 5.95. The molecule has 3 heteroatoms. The van der Waals surface area contributed by atoms with Crippen molar-refractivity contribution >= 4 is 5.91 Å². The number of hydrogen-bond donors (Lipinski definition) is 0. The molecule has 1 saturated carbocycles. The summed E-state index contributed by atoms with van der Waals surface area (Å²) in [5.41, 5.74) is 4.27. The molecule has 27 heavy (non-hydrogen) atoms. The molecule has 4 atom stereocenters. The lowest BCUT2D eigenvalue weighted by molar-refractivity contribution is -0.128. The van der Waals surface area contributed by atoms with E-state index in [9.17, 15) is 4.79 Å². The fourth-order valence-electron chi connectivity index (χ4n) is 6.68. The van der Waals surface area contributed by atoms with E-state index in [4.69, 9.17) is 4.74 Å². The second-order valence-electron chi connectivity index (χ2n) is 9.29. The molecule has 0 bridgehead atoms. The lowest BCUT2D eigenvalue weighted by atomic mass is 9.54. The lowest BCUT2D eigenvalue weighted by Crippen LogP contribution is -2.44. The summed E-state index contributed by atoms with van der Waals surface area (Å²) in [7, 11) is 1.75. The van der Waals surface area contributed by atoms with Gasteiger partial charge in [0.2, 0.25) is 5.91 Å². The first-order valence-electron chi connectivity index (χ1n) is 10.8. The molecule has 0 radical (unpaired) electrons. The van der Waals surface area contributed by atoms with Crippen LogP contribution in [0.25, 0.3) is 0 Å². The largest absolute Gasteiger partial charge is 0.497 e. The van der Waals surface area contributed by atoms with E-state index in [1.165, 1.54) is 31.2 Å². The second kappa shape index (κ2) is 6.39. The van der Waals surface area contributed by atoms with Crippen LogP contribution in [0.3, 0.4) is 0 Å². The zero-order valence-electron chi connectivity index (χ0n) is 16.7. The number of allylic oxidation sites excluding steroid dienone is 1. The molecule has 1 aliphatic heterocycles. The number of carbonyl (C=O) groups excluding carboxylic acids is 1. The zero-order chi connectivity index (χ0) is 18.6. The van der Waals surface area contributed by atoms with Crippen molar-refractivity contribution in [3.05, 3.63) is 41.0 Å². The van der Waals surface area contributed by atoms with Gasteiger partial charge in [-0.15, -0.1) is 0 Å². The van der Waals surface area contributed by atoms with Crippen molar-refractivity contribution in [2.75, 3.05) is 20.2 Å². The highest BCUT2D eigenvalue weighted by Gasteiger charge is 2.53. The monoisotopic (exact) mass is 365 g/mol. The van der Waals surface area contributed by atoms with E-state index in [1.54, 1.807) is 12.7 Å². The van der Waals surface area contributed by atoms with Gasteiger partial charge in [-0.25, -0.2) is 0 Å². The van der Waals surface area contributed by atoms with Gasteiger partial charge in [0, 0.05) is 24.1 Å². The van der Waals surface area contributed by atoms with E-state index in [0.29, 0.717) is 23.7 Å². The molecule has 0 N–H and O–H groups in total. The third kappa shape index (κ3) is 2.57. The molecule has 4 aliphatic rings. The van der Waals surface area contributed by atoms with Crippen molar-refractivity contribution < 1.29 is 9.53 Å². The molecule has 1 heterocycles. The average molecular weight is 366 g/mol. The molecule has 3 nitrogen and oxygen atoms in total. The van der Waals surface area contributed by atoms with E-state index >= 15 is 0 Å². The van der Waals surface area contributed by atoms with Gasteiger partial charge in [-0.2, -0.15) is 0 Å². The SMILES string of the molecule is COc1ccc2c(c1)CC[C@@H]1[C@@H]2CC[C@]2(C)C(C(=O)N3CCCC3)=CC[C@@H]12. The van der Waals surface area contributed by atoms with E-state index in [1.807, 2.05) is 0 Å². The highest BCUT2D eigenvalue weighted by atomic mass is 16.5. The molecule has 144 valence electrons. The summed E-state index contributed by atoms with van der Waals surface area (Å²) in [6, 6.07) is 6.69. The van der Waals surface area contributed by atoms with Gasteiger partial charge in [0.15, 0.2) is 0 Å². The van der Waals surface area contributed by atoms with Crippen LogP contribution >= 0.6 is 0 Å². The normalized spacial score (nSPS) is 34.5. The maximum Gasteiger partial charge on any atom is 0.250 e. The molecule has 0 spiro atoms. The van der Waals surface area contributed by atoms with Gasteiger partial charge in [0.25, 0.3) is 0 Å². The number of ether oxygens (including phenoxy) is 1. The van der Waals surface area contributed by atoms with E-state index < -0.39 is 0 Å². The zero-order valence-corrected chi connectivity index (χ0v) is 16.7. The van der Waals surface area contributed by atoms with E-state index in [-0.39, 0.29) is 5.41 Å². The van der Waals surface area contributed by atoms with Gasteiger partial charge in [0.05, 0.1) is 7.11 Å². The molecular weight excluding hydrogens is 334 g/mol. The lowest BCUT2D eigenvalue weighted by Gasteiger charge is -2.50. The number of aryl methyl sites for hydroxylation is 1. The summed E-state index contributed by atoms with van der Waals surface area (Å²) < 4.78 is 5.44. The number of nitrogens with zero attached hydrogens (tertiary/aromatic N) is 1. The molecular formula is C24H31NO2. The Morgan fingerprint density at radius 3 is 2.81 bits per heavy atom. The van der Waals surface area contributed by atoms with Crippen LogP contribution in [-0.4, -0.2) is 31.0 Å². The van der Waals surface area contributed by atoms with Crippen LogP contribution in [0.2, 0.25) is 0 Å². The molecule has 3 aliphatic carbocycles. The van der Waals surface area contributed by atoms with Crippen LogP contribution in [0.4, 0.5) is 0 Å². The molecule has 1 aromatic carbocycles. The predicted octanol–water partition coefficient (Wildman–Crippen LogP) is 4.71. The summed E-state index contributed by atoms with van der Waals surface area (Å²) in [6.07, 6.45) is 10.5. The number of hydrogen-bond acceptors (Lipinski definition) is 2. The topological polar surface area (TPSA) is 29.5 Å². The number of carbonyl (C=O) groups is 1. The summed E-state index contributed by atoms with van der Waals surface area (Å²) in [5, 5.41) is 0. The summed E-state index contributed by atoms with van der Waals surface area (Å²) in [5.74, 6) is 3.33. The standard InChI is InChI=1S/C24H31NO2/c1-24-12-11-19-18-8-6-17(27-2)15-16(18)5-7-20(19)21(24)9-10-22(24)23(26)25-13-3-4-14-25/h6,8,10,15,19-21H,3-5,7,9,11-14H2,1-2H3/t19-,20-,21+,24+/m1/s1. The first-order valence-corrected chi connectivity index (χ1v) is 10.8. The molecule has 0 unspecified atom stereocenters. The number of rotatable bonds is 2. The Labute approximate surface area is 162 Å². The molecule has 0 aromatic heterocycles. The summed E-state index contributed by atoms with van der Waals surface area (Å²) >= 11 is 0. The Hall–Kier alpha value is -1.77. The van der Waals surface area contributed by atoms with E-state index in [2.05, 4.69) is 36.1 Å². The second-order valence-corrected chi connectivity index (χ2v) is 9.29. The fraction of sp³-hybridized carbons (Fsp3) is 0.625. The van der Waals surface area contributed by atoms with Gasteiger partial charge in [-0.3, -0.25) is 4.79 Å². The van der Waals surface area contributed by atoms with Crippen molar-refractivity contribution in [1.29, 1.82) is 0 Å². The Balaban J connectivity index is 1.41. The summed E-state index contributed by atoms with van der Waals surface area (Å²) in [6.45, 7) is 4.31. The van der Waals surface area contributed by atoms with Crippen LogP contribution in [0.1, 0.15) is 62.5 Å². The van der Waals surface area contributed by atoms with Crippen LogP contribution in [0.15, 0.2) is 29.8 Å². The third-order valence-electron chi connectivity index (χ3n) is 8.14. The molecule has 5 rings (SSSR count). The van der Waals surface area contributed by atoms with Crippen LogP contribution < -0.4 is 4.74 Å². The van der Waals surface area contributed by atoms with Crippen molar-refractivity contribution in [2.45, 2.75) is 57.8 Å². The predicted molar refractivity (Wildman–Crippen MR) is 107 cm³/mol. The van der Waals surface area contributed by atoms with Gasteiger partial charge < -0.3 is 9.64 Å². The average Bonchev–Trinajstić information content (AvgIpc) is 3.34. The number of methoxy groups -OCH3 is 1. The smallest absolute Gasteiger partial charge is 0.250 e.